The molecule has 1 N–H and O–H groups in total. The Labute approximate surface area is 126 Å². The highest BCUT2D eigenvalue weighted by Gasteiger charge is 2.52. The van der Waals surface area contributed by atoms with Gasteiger partial charge in [-0.05, 0) is 51.9 Å². The summed E-state index contributed by atoms with van der Waals surface area (Å²) >= 11 is 0. The number of hydrogen-bond acceptors (Lipinski definition) is 3. The summed E-state index contributed by atoms with van der Waals surface area (Å²) < 4.78 is 5.87. The fraction of sp³-hybridized carbons (Fsp3) is 0.875. The Morgan fingerprint density at radius 2 is 2.00 bits per heavy atom. The highest BCUT2D eigenvalue weighted by molar-refractivity contribution is 5.99. The minimum atomic E-state index is -0.757. The molecular weight excluding hydrogens is 268 g/mol. The lowest BCUT2D eigenvalue weighted by Crippen LogP contribution is -2.70. The molecule has 5 heteroatoms. The topological polar surface area (TPSA) is 58.6 Å². The van der Waals surface area contributed by atoms with Crippen molar-refractivity contribution in [3.63, 3.8) is 0 Å². The predicted octanol–water partition coefficient (Wildman–Crippen LogP) is 1.46. The van der Waals surface area contributed by atoms with Crippen molar-refractivity contribution in [1.82, 2.24) is 10.2 Å². The fourth-order valence-corrected chi connectivity index (χ4v) is 3.54. The Morgan fingerprint density at radius 3 is 2.52 bits per heavy atom. The van der Waals surface area contributed by atoms with Gasteiger partial charge in [-0.1, -0.05) is 6.92 Å². The van der Waals surface area contributed by atoms with E-state index in [1.54, 1.807) is 0 Å². The number of carbonyl (C=O) groups excluding carboxylic acids is 2. The van der Waals surface area contributed by atoms with Gasteiger partial charge in [0.05, 0.1) is 12.2 Å². The normalized spacial score (nSPS) is 40.5. The molecule has 0 aromatic carbocycles. The first-order chi connectivity index (χ1) is 9.94. The van der Waals surface area contributed by atoms with Crippen molar-refractivity contribution in [1.29, 1.82) is 0 Å². The summed E-state index contributed by atoms with van der Waals surface area (Å²) in [6, 6.07) is -0.281. The number of piperazine rings is 1. The van der Waals surface area contributed by atoms with Crippen molar-refractivity contribution < 1.29 is 14.3 Å². The third-order valence-electron chi connectivity index (χ3n) is 5.23. The summed E-state index contributed by atoms with van der Waals surface area (Å²) in [5, 5.41) is 2.96. The van der Waals surface area contributed by atoms with Gasteiger partial charge in [0.15, 0.2) is 0 Å². The molecule has 0 aromatic heterocycles. The first-order valence-corrected chi connectivity index (χ1v) is 8.23. The van der Waals surface area contributed by atoms with E-state index < -0.39 is 5.54 Å². The van der Waals surface area contributed by atoms with Crippen LogP contribution in [0.5, 0.6) is 0 Å². The van der Waals surface area contributed by atoms with E-state index in [4.69, 9.17) is 4.74 Å². The van der Waals surface area contributed by atoms with Crippen LogP contribution in [0.4, 0.5) is 0 Å². The second kappa shape index (κ2) is 5.27. The third-order valence-corrected chi connectivity index (χ3v) is 5.23. The molecule has 2 aliphatic heterocycles. The molecule has 0 aromatic rings. The number of carbonyl (C=O) groups is 2. The third kappa shape index (κ3) is 2.68. The van der Waals surface area contributed by atoms with Crippen LogP contribution in [0, 0.1) is 5.92 Å². The van der Waals surface area contributed by atoms with Gasteiger partial charge in [0, 0.05) is 6.54 Å². The lowest BCUT2D eigenvalue weighted by Gasteiger charge is -2.45. The van der Waals surface area contributed by atoms with Crippen LogP contribution in [0.1, 0.15) is 52.9 Å². The lowest BCUT2D eigenvalue weighted by atomic mass is 9.90. The zero-order valence-corrected chi connectivity index (χ0v) is 13.2. The summed E-state index contributed by atoms with van der Waals surface area (Å²) in [6.45, 7) is 6.41. The molecular formula is C16H26N2O3. The Bertz CT molecular complexity index is 449. The fourth-order valence-electron chi connectivity index (χ4n) is 3.54. The predicted molar refractivity (Wildman–Crippen MR) is 78.6 cm³/mol. The van der Waals surface area contributed by atoms with Gasteiger partial charge in [-0.25, -0.2) is 0 Å². The van der Waals surface area contributed by atoms with Gasteiger partial charge in [-0.2, -0.15) is 0 Å². The second-order valence-corrected chi connectivity index (χ2v) is 7.06. The van der Waals surface area contributed by atoms with Gasteiger partial charge in [0.2, 0.25) is 11.8 Å². The molecule has 2 amide bonds. The first kappa shape index (κ1) is 14.8. The Kier molecular flexibility index (Phi) is 3.72. The zero-order valence-electron chi connectivity index (χ0n) is 13.2. The van der Waals surface area contributed by atoms with Crippen LogP contribution >= 0.6 is 0 Å². The van der Waals surface area contributed by atoms with Crippen molar-refractivity contribution >= 4 is 11.8 Å². The summed E-state index contributed by atoms with van der Waals surface area (Å²) in [4.78, 5) is 27.2. The largest absolute Gasteiger partial charge is 0.373 e. The number of nitrogens with one attached hydrogen (secondary N) is 1. The van der Waals surface area contributed by atoms with Crippen LogP contribution in [0.3, 0.4) is 0 Å². The molecule has 1 aliphatic carbocycles. The molecule has 0 spiro atoms. The molecule has 4 unspecified atom stereocenters. The van der Waals surface area contributed by atoms with Gasteiger partial charge < -0.3 is 15.0 Å². The first-order valence-electron chi connectivity index (χ1n) is 8.23. The highest BCUT2D eigenvalue weighted by Crippen LogP contribution is 2.39. The molecule has 3 fully saturated rings. The molecule has 0 radical (unpaired) electrons. The average Bonchev–Trinajstić information content (AvgIpc) is 3.18. The molecule has 4 atom stereocenters. The minimum Gasteiger partial charge on any atom is -0.373 e. The number of ether oxygens (including phenoxy) is 1. The summed E-state index contributed by atoms with van der Waals surface area (Å²) in [6.07, 6.45) is 5.08. The van der Waals surface area contributed by atoms with E-state index in [0.717, 1.165) is 25.7 Å². The molecule has 2 heterocycles. The van der Waals surface area contributed by atoms with Crippen LogP contribution < -0.4 is 5.32 Å². The van der Waals surface area contributed by atoms with Crippen LogP contribution in [0.2, 0.25) is 0 Å². The molecule has 3 rings (SSSR count). The monoisotopic (exact) mass is 294 g/mol. The maximum atomic E-state index is 12.9. The van der Waals surface area contributed by atoms with Crippen LogP contribution in [-0.4, -0.2) is 47.0 Å². The van der Waals surface area contributed by atoms with Crippen LogP contribution in [-0.2, 0) is 14.3 Å². The van der Waals surface area contributed by atoms with E-state index in [1.807, 2.05) is 18.7 Å². The second-order valence-electron chi connectivity index (χ2n) is 7.06. The van der Waals surface area contributed by atoms with Crippen molar-refractivity contribution in [3.05, 3.63) is 0 Å². The van der Waals surface area contributed by atoms with Gasteiger partial charge in [0.25, 0.3) is 0 Å². The number of nitrogens with zero attached hydrogens (tertiary/aromatic N) is 1. The van der Waals surface area contributed by atoms with E-state index in [9.17, 15) is 9.59 Å². The standard InChI is InChI=1S/C16H26N2O3/c1-4-16(3)15(20)18(9-12-8-5-10(2)21-12)13(11-6-7-11)14(19)17-16/h10-13H,4-9H2,1-3H3,(H,17,19). The van der Waals surface area contributed by atoms with Gasteiger partial charge in [0.1, 0.15) is 11.6 Å². The number of amides is 2. The smallest absolute Gasteiger partial charge is 0.248 e. The Balaban J connectivity index is 1.80. The number of rotatable bonds is 4. The molecule has 0 bridgehead atoms. The highest BCUT2D eigenvalue weighted by atomic mass is 16.5. The molecule has 1 saturated carbocycles. The van der Waals surface area contributed by atoms with Gasteiger partial charge >= 0.3 is 0 Å². The Hall–Kier alpha value is -1.10. The summed E-state index contributed by atoms with van der Waals surface area (Å²) in [5.74, 6) is 0.423. The summed E-state index contributed by atoms with van der Waals surface area (Å²) in [7, 11) is 0. The molecule has 118 valence electrons. The molecule has 21 heavy (non-hydrogen) atoms. The SMILES string of the molecule is CCC1(C)NC(=O)C(C2CC2)N(CC2CCC(C)O2)C1=O. The van der Waals surface area contributed by atoms with Gasteiger partial charge in [-0.15, -0.1) is 0 Å². The quantitative estimate of drug-likeness (QED) is 0.854. The molecule has 3 aliphatic rings. The zero-order chi connectivity index (χ0) is 15.2. The van der Waals surface area contributed by atoms with E-state index in [1.165, 1.54) is 0 Å². The van der Waals surface area contributed by atoms with Crippen molar-refractivity contribution in [2.24, 2.45) is 5.92 Å². The van der Waals surface area contributed by atoms with Crippen molar-refractivity contribution in [2.75, 3.05) is 6.54 Å². The molecule has 2 saturated heterocycles. The Morgan fingerprint density at radius 1 is 1.29 bits per heavy atom. The van der Waals surface area contributed by atoms with Crippen LogP contribution in [0.15, 0.2) is 0 Å². The van der Waals surface area contributed by atoms with Crippen molar-refractivity contribution in [2.45, 2.75) is 76.7 Å². The van der Waals surface area contributed by atoms with E-state index in [-0.39, 0.29) is 30.1 Å². The van der Waals surface area contributed by atoms with Gasteiger partial charge in [-0.3, -0.25) is 9.59 Å². The maximum absolute atomic E-state index is 12.9. The van der Waals surface area contributed by atoms with E-state index >= 15 is 0 Å². The lowest BCUT2D eigenvalue weighted by molar-refractivity contribution is -0.157. The summed E-state index contributed by atoms with van der Waals surface area (Å²) in [5.41, 5.74) is -0.757. The average molecular weight is 294 g/mol. The van der Waals surface area contributed by atoms with E-state index in [0.29, 0.717) is 18.9 Å². The van der Waals surface area contributed by atoms with Crippen molar-refractivity contribution in [3.8, 4) is 0 Å². The number of hydrogen-bond donors (Lipinski definition) is 1. The maximum Gasteiger partial charge on any atom is 0.248 e. The molecule has 5 nitrogen and oxygen atoms in total. The van der Waals surface area contributed by atoms with E-state index in [2.05, 4.69) is 12.2 Å². The minimum absolute atomic E-state index is 0.0208. The van der Waals surface area contributed by atoms with Crippen LogP contribution in [0.25, 0.3) is 0 Å².